The fourth-order valence-electron chi connectivity index (χ4n) is 2.54. The summed E-state index contributed by atoms with van der Waals surface area (Å²) in [5.41, 5.74) is 0.845. The molecule has 6 heteroatoms. The summed E-state index contributed by atoms with van der Waals surface area (Å²) in [6.07, 6.45) is 6.93. The van der Waals surface area contributed by atoms with E-state index in [1.165, 1.54) is 31.7 Å². The summed E-state index contributed by atoms with van der Waals surface area (Å²) < 4.78 is 0.208. The lowest BCUT2D eigenvalue weighted by Gasteiger charge is -2.27. The van der Waals surface area contributed by atoms with Gasteiger partial charge in [-0.15, -0.1) is 0 Å². The van der Waals surface area contributed by atoms with Crippen molar-refractivity contribution in [3.63, 3.8) is 0 Å². The number of aromatic nitrogens is 1. The normalized spacial score (nSPS) is 17.4. The first kappa shape index (κ1) is 14.1. The summed E-state index contributed by atoms with van der Waals surface area (Å²) in [6, 6.07) is 3.19. The highest BCUT2D eigenvalue weighted by Crippen LogP contribution is 2.40. The number of nitrogens with one attached hydrogen (secondary N) is 1. The first-order chi connectivity index (χ1) is 9.06. The summed E-state index contributed by atoms with van der Waals surface area (Å²) in [6.45, 7) is 2.58. The lowest BCUT2D eigenvalue weighted by Crippen LogP contribution is -2.30. The van der Waals surface area contributed by atoms with Crippen LogP contribution in [0.2, 0.25) is 0 Å². The molecule has 0 unspecified atom stereocenters. The van der Waals surface area contributed by atoms with Gasteiger partial charge in [0.1, 0.15) is 0 Å². The van der Waals surface area contributed by atoms with Gasteiger partial charge >= 0.3 is 5.69 Å². The van der Waals surface area contributed by atoms with Crippen molar-refractivity contribution in [1.82, 2.24) is 4.98 Å². The zero-order valence-electron chi connectivity index (χ0n) is 11.3. The predicted octanol–water partition coefficient (Wildman–Crippen LogP) is 3.39. The molecule has 5 nitrogen and oxygen atoms in total. The molecule has 0 atom stereocenters. The van der Waals surface area contributed by atoms with Crippen LogP contribution >= 0.6 is 11.8 Å². The molecular weight excluding hydrogens is 262 g/mol. The maximum atomic E-state index is 11.0. The number of thioether (sulfide) groups is 1. The van der Waals surface area contributed by atoms with E-state index in [1.807, 2.05) is 18.7 Å². The molecule has 0 saturated heterocycles. The average molecular weight is 281 g/mol. The van der Waals surface area contributed by atoms with Crippen LogP contribution in [0.15, 0.2) is 12.1 Å². The molecule has 19 heavy (non-hydrogen) atoms. The van der Waals surface area contributed by atoms with Crippen LogP contribution in [0.3, 0.4) is 0 Å². The fourth-order valence-corrected chi connectivity index (χ4v) is 3.46. The van der Waals surface area contributed by atoms with E-state index in [-0.39, 0.29) is 15.4 Å². The quantitative estimate of drug-likeness (QED) is 0.662. The standard InChI is InChI=1S/C13H19N3O2S/c1-10-5-6-11(16(17)18)12(15-10)14-9-13(19-2)7-3-4-8-13/h5-6H,3-4,7-9H2,1-2H3,(H,14,15). The lowest BCUT2D eigenvalue weighted by molar-refractivity contribution is -0.384. The molecule has 104 valence electrons. The van der Waals surface area contributed by atoms with Gasteiger partial charge in [-0.3, -0.25) is 10.1 Å². The van der Waals surface area contributed by atoms with E-state index in [0.29, 0.717) is 5.82 Å². The summed E-state index contributed by atoms with van der Waals surface area (Å²) in [4.78, 5) is 14.9. The Morgan fingerprint density at radius 1 is 1.47 bits per heavy atom. The number of hydrogen-bond acceptors (Lipinski definition) is 5. The second kappa shape index (κ2) is 5.77. The molecule has 0 radical (unpaired) electrons. The molecule has 2 rings (SSSR count). The topological polar surface area (TPSA) is 68.1 Å². The predicted molar refractivity (Wildman–Crippen MR) is 78.8 cm³/mol. The highest BCUT2D eigenvalue weighted by atomic mass is 32.2. The summed E-state index contributed by atoms with van der Waals surface area (Å²) in [5.74, 6) is 0.394. The molecule has 1 aliphatic rings. The first-order valence-corrected chi connectivity index (χ1v) is 7.70. The van der Waals surface area contributed by atoms with Gasteiger partial charge in [0.25, 0.3) is 0 Å². The third kappa shape index (κ3) is 3.18. The monoisotopic (exact) mass is 281 g/mol. The van der Waals surface area contributed by atoms with Gasteiger partial charge in [0.2, 0.25) is 5.82 Å². The van der Waals surface area contributed by atoms with Crippen molar-refractivity contribution in [2.75, 3.05) is 18.1 Å². The minimum atomic E-state index is -0.380. The Morgan fingerprint density at radius 2 is 2.16 bits per heavy atom. The van der Waals surface area contributed by atoms with E-state index >= 15 is 0 Å². The highest BCUT2D eigenvalue weighted by molar-refractivity contribution is 8.00. The molecule has 0 amide bonds. The second-order valence-electron chi connectivity index (χ2n) is 5.03. The van der Waals surface area contributed by atoms with Crippen LogP contribution in [0.5, 0.6) is 0 Å². The Labute approximate surface area is 117 Å². The van der Waals surface area contributed by atoms with Crippen molar-refractivity contribution in [3.8, 4) is 0 Å². The molecule has 1 aromatic heterocycles. The molecule has 1 saturated carbocycles. The Morgan fingerprint density at radius 3 is 2.74 bits per heavy atom. The van der Waals surface area contributed by atoms with Crippen LogP contribution < -0.4 is 5.32 Å². The van der Waals surface area contributed by atoms with Crippen LogP contribution in [-0.2, 0) is 0 Å². The van der Waals surface area contributed by atoms with Gasteiger partial charge in [0, 0.05) is 23.1 Å². The molecule has 0 bridgehead atoms. The maximum Gasteiger partial charge on any atom is 0.311 e. The summed E-state index contributed by atoms with van der Waals surface area (Å²) in [5, 5.41) is 14.2. The van der Waals surface area contributed by atoms with Gasteiger partial charge in [-0.05, 0) is 32.1 Å². The third-order valence-electron chi connectivity index (χ3n) is 3.74. The van der Waals surface area contributed by atoms with Crippen molar-refractivity contribution in [2.45, 2.75) is 37.4 Å². The number of anilines is 1. The SMILES string of the molecule is CSC1(CNc2nc(C)ccc2[N+](=O)[O-])CCCC1. The van der Waals surface area contributed by atoms with Crippen molar-refractivity contribution in [2.24, 2.45) is 0 Å². The molecule has 1 aromatic rings. The Kier molecular flexibility index (Phi) is 4.29. The third-order valence-corrected chi connectivity index (χ3v) is 5.15. The van der Waals surface area contributed by atoms with Gasteiger partial charge in [-0.1, -0.05) is 12.8 Å². The van der Waals surface area contributed by atoms with Gasteiger partial charge in [0.05, 0.1) is 4.92 Å². The minimum absolute atomic E-state index is 0.0554. The molecular formula is C13H19N3O2S. The van der Waals surface area contributed by atoms with Crippen LogP contribution in [0.1, 0.15) is 31.4 Å². The van der Waals surface area contributed by atoms with E-state index in [9.17, 15) is 10.1 Å². The number of pyridine rings is 1. The van der Waals surface area contributed by atoms with Gasteiger partial charge < -0.3 is 5.32 Å². The largest absolute Gasteiger partial charge is 0.363 e. The summed E-state index contributed by atoms with van der Waals surface area (Å²) >= 11 is 1.86. The summed E-state index contributed by atoms with van der Waals surface area (Å²) in [7, 11) is 0. The Hall–Kier alpha value is -1.30. The average Bonchev–Trinajstić information content (AvgIpc) is 2.85. The van der Waals surface area contributed by atoms with Crippen molar-refractivity contribution >= 4 is 23.3 Å². The van der Waals surface area contributed by atoms with E-state index in [0.717, 1.165) is 12.2 Å². The Bertz CT molecular complexity index is 473. The molecule has 1 fully saturated rings. The molecule has 1 heterocycles. The van der Waals surface area contributed by atoms with Crippen LogP contribution in [0.25, 0.3) is 0 Å². The second-order valence-corrected chi connectivity index (χ2v) is 6.30. The molecule has 0 spiro atoms. The number of rotatable bonds is 5. The zero-order valence-corrected chi connectivity index (χ0v) is 12.1. The van der Waals surface area contributed by atoms with E-state index < -0.39 is 0 Å². The number of aryl methyl sites for hydroxylation is 1. The minimum Gasteiger partial charge on any atom is -0.363 e. The zero-order chi connectivity index (χ0) is 13.9. The van der Waals surface area contributed by atoms with Gasteiger partial charge in [-0.2, -0.15) is 11.8 Å². The smallest absolute Gasteiger partial charge is 0.311 e. The van der Waals surface area contributed by atoms with Crippen molar-refractivity contribution < 1.29 is 4.92 Å². The maximum absolute atomic E-state index is 11.0. The number of nitrogens with zero attached hydrogens (tertiary/aromatic N) is 2. The molecule has 0 aromatic carbocycles. The van der Waals surface area contributed by atoms with Gasteiger partial charge in [0.15, 0.2) is 0 Å². The van der Waals surface area contributed by atoms with E-state index in [4.69, 9.17) is 0 Å². The molecule has 1 aliphatic carbocycles. The lowest BCUT2D eigenvalue weighted by atomic mass is 10.1. The van der Waals surface area contributed by atoms with E-state index in [2.05, 4.69) is 16.6 Å². The van der Waals surface area contributed by atoms with Gasteiger partial charge in [-0.25, -0.2) is 4.98 Å². The van der Waals surface area contributed by atoms with Crippen molar-refractivity contribution in [3.05, 3.63) is 27.9 Å². The number of nitro groups is 1. The number of hydrogen-bond donors (Lipinski definition) is 1. The van der Waals surface area contributed by atoms with Crippen LogP contribution in [0.4, 0.5) is 11.5 Å². The van der Waals surface area contributed by atoms with E-state index in [1.54, 1.807) is 6.07 Å². The highest BCUT2D eigenvalue weighted by Gasteiger charge is 2.33. The van der Waals surface area contributed by atoms with Crippen LogP contribution in [0, 0.1) is 17.0 Å². The fraction of sp³-hybridized carbons (Fsp3) is 0.615. The molecule has 1 N–H and O–H groups in total. The Balaban J connectivity index is 2.14. The molecule has 0 aliphatic heterocycles. The van der Waals surface area contributed by atoms with Crippen molar-refractivity contribution in [1.29, 1.82) is 0 Å². The van der Waals surface area contributed by atoms with Crippen LogP contribution in [-0.4, -0.2) is 27.5 Å². The first-order valence-electron chi connectivity index (χ1n) is 6.47.